The zero-order chi connectivity index (χ0) is 18.9. The molecule has 2 aromatic carbocycles. The Morgan fingerprint density at radius 1 is 1.15 bits per heavy atom. The van der Waals surface area contributed by atoms with E-state index in [9.17, 15) is 18.0 Å². The van der Waals surface area contributed by atoms with E-state index in [1.165, 1.54) is 12.1 Å². The molecular formula is C17H16ClN3O4S. The lowest BCUT2D eigenvalue weighted by molar-refractivity contribution is -0.117. The highest BCUT2D eigenvalue weighted by Gasteiger charge is 2.21. The molecule has 1 fully saturated rings. The van der Waals surface area contributed by atoms with Crippen LogP contribution in [0.15, 0.2) is 47.4 Å². The van der Waals surface area contributed by atoms with Crippen molar-refractivity contribution in [3.05, 3.63) is 53.1 Å². The Bertz CT molecular complexity index is 974. The van der Waals surface area contributed by atoms with E-state index >= 15 is 0 Å². The van der Waals surface area contributed by atoms with Gasteiger partial charge in [-0.25, -0.2) is 13.6 Å². The average Bonchev–Trinajstić information content (AvgIpc) is 3.01. The quantitative estimate of drug-likeness (QED) is 0.830. The van der Waals surface area contributed by atoms with Gasteiger partial charge < -0.3 is 10.2 Å². The molecule has 3 rings (SSSR count). The van der Waals surface area contributed by atoms with Gasteiger partial charge in [0.2, 0.25) is 15.9 Å². The summed E-state index contributed by atoms with van der Waals surface area (Å²) in [4.78, 5) is 25.7. The Morgan fingerprint density at radius 2 is 1.85 bits per heavy atom. The highest BCUT2D eigenvalue weighted by Crippen LogP contribution is 2.24. The average molecular weight is 394 g/mol. The molecule has 0 saturated carbocycles. The van der Waals surface area contributed by atoms with Gasteiger partial charge in [-0.1, -0.05) is 11.6 Å². The van der Waals surface area contributed by atoms with Gasteiger partial charge in [0.05, 0.1) is 15.5 Å². The summed E-state index contributed by atoms with van der Waals surface area (Å²) >= 11 is 5.99. The van der Waals surface area contributed by atoms with Crippen LogP contribution < -0.4 is 15.4 Å². The highest BCUT2D eigenvalue weighted by atomic mass is 35.5. The number of nitrogens with two attached hydrogens (primary N) is 1. The third-order valence-corrected chi connectivity index (χ3v) is 5.26. The number of hydrogen-bond donors (Lipinski definition) is 2. The van der Waals surface area contributed by atoms with Crippen molar-refractivity contribution in [1.82, 2.24) is 0 Å². The fraction of sp³-hybridized carbons (Fsp3) is 0.176. The minimum Gasteiger partial charge on any atom is -0.322 e. The van der Waals surface area contributed by atoms with Crippen LogP contribution in [0.3, 0.4) is 0 Å². The molecule has 1 aliphatic heterocycles. The lowest BCUT2D eigenvalue weighted by Crippen LogP contribution is -2.23. The van der Waals surface area contributed by atoms with E-state index in [1.807, 2.05) is 0 Å². The zero-order valence-corrected chi connectivity index (χ0v) is 15.2. The first-order valence-electron chi connectivity index (χ1n) is 7.80. The smallest absolute Gasteiger partial charge is 0.257 e. The van der Waals surface area contributed by atoms with Crippen LogP contribution in [-0.4, -0.2) is 26.8 Å². The summed E-state index contributed by atoms with van der Waals surface area (Å²) in [6.07, 6.45) is 1.37. The van der Waals surface area contributed by atoms with Crippen molar-refractivity contribution >= 4 is 44.8 Å². The Morgan fingerprint density at radius 3 is 2.42 bits per heavy atom. The number of carbonyl (C=O) groups is 2. The molecule has 0 unspecified atom stereocenters. The Kier molecular flexibility index (Phi) is 4.99. The van der Waals surface area contributed by atoms with E-state index in [0.29, 0.717) is 18.7 Å². The topological polar surface area (TPSA) is 110 Å². The molecule has 2 aromatic rings. The van der Waals surface area contributed by atoms with Gasteiger partial charge in [-0.05, 0) is 48.9 Å². The number of halogens is 1. The van der Waals surface area contributed by atoms with Gasteiger partial charge in [-0.2, -0.15) is 0 Å². The minimum atomic E-state index is -3.94. The highest BCUT2D eigenvalue weighted by molar-refractivity contribution is 7.89. The molecule has 9 heteroatoms. The Hall–Kier alpha value is -2.42. The first kappa shape index (κ1) is 18.4. The summed E-state index contributed by atoms with van der Waals surface area (Å²) in [5.74, 6) is -0.487. The molecule has 7 nitrogen and oxygen atoms in total. The van der Waals surface area contributed by atoms with E-state index in [1.54, 1.807) is 29.2 Å². The van der Waals surface area contributed by atoms with Crippen LogP contribution >= 0.6 is 11.6 Å². The van der Waals surface area contributed by atoms with Gasteiger partial charge in [0.15, 0.2) is 0 Å². The first-order chi connectivity index (χ1) is 12.3. The molecule has 26 heavy (non-hydrogen) atoms. The maximum atomic E-state index is 12.4. The molecule has 136 valence electrons. The van der Waals surface area contributed by atoms with Gasteiger partial charge in [-0.15, -0.1) is 0 Å². The van der Waals surface area contributed by atoms with Crippen LogP contribution in [-0.2, 0) is 14.8 Å². The van der Waals surface area contributed by atoms with E-state index in [-0.39, 0.29) is 21.4 Å². The predicted octanol–water partition coefficient (Wildman–Crippen LogP) is 2.37. The third kappa shape index (κ3) is 3.87. The molecule has 2 amide bonds. The predicted molar refractivity (Wildman–Crippen MR) is 98.8 cm³/mol. The van der Waals surface area contributed by atoms with E-state index in [0.717, 1.165) is 18.2 Å². The summed E-state index contributed by atoms with van der Waals surface area (Å²) in [5, 5.41) is 7.83. The van der Waals surface area contributed by atoms with Crippen molar-refractivity contribution in [3.63, 3.8) is 0 Å². The lowest BCUT2D eigenvalue weighted by atomic mass is 10.2. The summed E-state index contributed by atoms with van der Waals surface area (Å²) < 4.78 is 22.9. The van der Waals surface area contributed by atoms with Crippen molar-refractivity contribution < 1.29 is 18.0 Å². The Balaban J connectivity index is 1.79. The molecule has 0 radical (unpaired) electrons. The summed E-state index contributed by atoms with van der Waals surface area (Å²) in [5.41, 5.74) is 1.25. The van der Waals surface area contributed by atoms with Crippen molar-refractivity contribution in [2.45, 2.75) is 17.7 Å². The summed E-state index contributed by atoms with van der Waals surface area (Å²) in [6, 6.07) is 10.5. The molecule has 0 spiro atoms. The standard InChI is InChI=1S/C17H16ClN3O4S/c18-15-8-7-13(26(19,24)25)10-14(15)17(23)20-11-3-5-12(6-4-11)21-9-1-2-16(21)22/h3-8,10H,1-2,9H2,(H,20,23)(H2,19,24,25). The number of hydrogen-bond acceptors (Lipinski definition) is 4. The normalized spacial score (nSPS) is 14.5. The number of benzene rings is 2. The summed E-state index contributed by atoms with van der Waals surface area (Å²) in [7, 11) is -3.94. The summed E-state index contributed by atoms with van der Waals surface area (Å²) in [6.45, 7) is 0.681. The molecule has 3 N–H and O–H groups in total. The second-order valence-electron chi connectivity index (χ2n) is 5.84. The molecule has 0 atom stereocenters. The monoisotopic (exact) mass is 393 g/mol. The number of nitrogens with one attached hydrogen (secondary N) is 1. The molecule has 0 bridgehead atoms. The minimum absolute atomic E-state index is 0.00279. The fourth-order valence-corrected chi connectivity index (χ4v) is 3.44. The number of primary sulfonamides is 1. The second kappa shape index (κ2) is 7.06. The fourth-order valence-electron chi connectivity index (χ4n) is 2.70. The van der Waals surface area contributed by atoms with Crippen LogP contribution in [0.5, 0.6) is 0 Å². The number of amides is 2. The van der Waals surface area contributed by atoms with Crippen LogP contribution in [0.4, 0.5) is 11.4 Å². The molecular weight excluding hydrogens is 378 g/mol. The van der Waals surface area contributed by atoms with Crippen molar-refractivity contribution in [2.24, 2.45) is 5.14 Å². The van der Waals surface area contributed by atoms with Crippen LogP contribution in [0.25, 0.3) is 0 Å². The number of carbonyl (C=O) groups excluding carboxylic acids is 2. The first-order valence-corrected chi connectivity index (χ1v) is 9.72. The number of nitrogens with zero attached hydrogens (tertiary/aromatic N) is 1. The van der Waals surface area contributed by atoms with Crippen molar-refractivity contribution in [1.29, 1.82) is 0 Å². The van der Waals surface area contributed by atoms with Gasteiger partial charge in [0.25, 0.3) is 5.91 Å². The second-order valence-corrected chi connectivity index (χ2v) is 7.81. The number of anilines is 2. The SMILES string of the molecule is NS(=O)(=O)c1ccc(Cl)c(C(=O)Nc2ccc(N3CCCC3=O)cc2)c1. The molecule has 0 aromatic heterocycles. The van der Waals surface area contributed by atoms with E-state index in [2.05, 4.69) is 5.32 Å². The van der Waals surface area contributed by atoms with Crippen molar-refractivity contribution in [2.75, 3.05) is 16.8 Å². The molecule has 1 saturated heterocycles. The number of sulfonamides is 1. The van der Waals surface area contributed by atoms with Crippen LogP contribution in [0, 0.1) is 0 Å². The maximum absolute atomic E-state index is 12.4. The van der Waals surface area contributed by atoms with E-state index in [4.69, 9.17) is 16.7 Å². The molecule has 0 aliphatic carbocycles. The Labute approximate surface area is 155 Å². The molecule has 1 aliphatic rings. The van der Waals surface area contributed by atoms with E-state index < -0.39 is 15.9 Å². The van der Waals surface area contributed by atoms with Crippen LogP contribution in [0.2, 0.25) is 5.02 Å². The van der Waals surface area contributed by atoms with Gasteiger partial charge >= 0.3 is 0 Å². The van der Waals surface area contributed by atoms with Crippen LogP contribution in [0.1, 0.15) is 23.2 Å². The maximum Gasteiger partial charge on any atom is 0.257 e. The van der Waals surface area contributed by atoms with Gasteiger partial charge in [0, 0.05) is 24.3 Å². The lowest BCUT2D eigenvalue weighted by Gasteiger charge is -2.16. The van der Waals surface area contributed by atoms with Gasteiger partial charge in [-0.3, -0.25) is 9.59 Å². The number of rotatable bonds is 4. The third-order valence-electron chi connectivity index (χ3n) is 4.02. The van der Waals surface area contributed by atoms with Crippen molar-refractivity contribution in [3.8, 4) is 0 Å². The largest absolute Gasteiger partial charge is 0.322 e. The molecule has 1 heterocycles. The zero-order valence-electron chi connectivity index (χ0n) is 13.6. The van der Waals surface area contributed by atoms with Gasteiger partial charge in [0.1, 0.15) is 0 Å².